The first kappa shape index (κ1) is 16.5. The molecule has 0 spiro atoms. The fraction of sp³-hybridized carbons (Fsp3) is 0.167. The van der Waals surface area contributed by atoms with E-state index in [1.807, 2.05) is 36.5 Å². The smallest absolute Gasteiger partial charge is 0.255 e. The number of hydrogen-bond acceptors (Lipinski definition) is 4. The van der Waals surface area contributed by atoms with Gasteiger partial charge in [-0.1, -0.05) is 12.1 Å². The molecule has 7 heteroatoms. The van der Waals surface area contributed by atoms with Crippen molar-refractivity contribution < 1.29 is 14.0 Å². The fourth-order valence-electron chi connectivity index (χ4n) is 2.27. The lowest BCUT2D eigenvalue weighted by atomic mass is 10.2. The highest BCUT2D eigenvalue weighted by atomic mass is 16.3. The first-order chi connectivity index (χ1) is 12.1. The van der Waals surface area contributed by atoms with Gasteiger partial charge in [0.15, 0.2) is 0 Å². The van der Waals surface area contributed by atoms with Gasteiger partial charge < -0.3 is 15.1 Å². The molecule has 2 aromatic heterocycles. The third-order valence-corrected chi connectivity index (χ3v) is 3.70. The summed E-state index contributed by atoms with van der Waals surface area (Å²) < 4.78 is 6.61. The molecular formula is C18H18N4O3. The second kappa shape index (κ2) is 7.48. The minimum Gasteiger partial charge on any atom is -0.472 e. The number of nitrogens with zero attached hydrogens (tertiary/aromatic N) is 2. The summed E-state index contributed by atoms with van der Waals surface area (Å²) in [5, 5.41) is 9.59. The molecule has 0 bridgehead atoms. The molecule has 7 nitrogen and oxygen atoms in total. The van der Waals surface area contributed by atoms with Crippen LogP contribution in [0.15, 0.2) is 65.7 Å². The van der Waals surface area contributed by atoms with Gasteiger partial charge in [-0.25, -0.2) is 4.68 Å². The fourth-order valence-corrected chi connectivity index (χ4v) is 2.27. The summed E-state index contributed by atoms with van der Waals surface area (Å²) in [6, 6.07) is 10.5. The molecule has 0 radical (unpaired) electrons. The molecule has 2 N–H and O–H groups in total. The van der Waals surface area contributed by atoms with Gasteiger partial charge in [0.05, 0.1) is 17.5 Å². The maximum atomic E-state index is 12.1. The Kier molecular flexibility index (Phi) is 4.94. The highest BCUT2D eigenvalue weighted by Gasteiger charge is 2.16. The largest absolute Gasteiger partial charge is 0.472 e. The lowest BCUT2D eigenvalue weighted by Crippen LogP contribution is -2.44. The van der Waals surface area contributed by atoms with Crippen LogP contribution in [-0.2, 0) is 11.3 Å². The normalized spacial score (nSPS) is 11.7. The molecule has 3 aromatic rings. The average Bonchev–Trinajstić information content (AvgIpc) is 3.33. The van der Waals surface area contributed by atoms with E-state index in [0.717, 1.165) is 11.3 Å². The van der Waals surface area contributed by atoms with Crippen LogP contribution in [0.3, 0.4) is 0 Å². The molecule has 3 rings (SSSR count). The molecular weight excluding hydrogens is 320 g/mol. The van der Waals surface area contributed by atoms with Gasteiger partial charge >= 0.3 is 0 Å². The summed E-state index contributed by atoms with van der Waals surface area (Å²) in [5.41, 5.74) is 2.28. The molecule has 0 unspecified atom stereocenters. The Bertz CT molecular complexity index is 824. The number of hydrogen-bond donors (Lipinski definition) is 2. The molecule has 0 aliphatic carbocycles. The molecule has 0 fully saturated rings. The number of nitrogens with one attached hydrogen (secondary N) is 2. The summed E-state index contributed by atoms with van der Waals surface area (Å²) >= 11 is 0. The van der Waals surface area contributed by atoms with Crippen molar-refractivity contribution in [1.29, 1.82) is 0 Å². The third kappa shape index (κ3) is 4.14. The molecule has 0 aliphatic heterocycles. The number of furan rings is 1. The standard InChI is InChI=1S/C18H18N4O3/c1-13(21-18(24)15-7-10-25-12-15)17(23)19-11-14-3-5-16(6-4-14)22-9-2-8-20-22/h2-10,12-13H,11H2,1H3,(H,19,23)(H,21,24)/t13-/m0/s1. The molecule has 1 atom stereocenters. The van der Waals surface area contributed by atoms with Crippen LogP contribution in [-0.4, -0.2) is 27.6 Å². The van der Waals surface area contributed by atoms with Crippen molar-refractivity contribution in [3.63, 3.8) is 0 Å². The van der Waals surface area contributed by atoms with Gasteiger partial charge in [0.25, 0.3) is 5.91 Å². The molecule has 1 aromatic carbocycles. The van der Waals surface area contributed by atoms with Gasteiger partial charge in [-0.05, 0) is 36.8 Å². The second-order valence-electron chi connectivity index (χ2n) is 5.54. The number of carbonyl (C=O) groups is 2. The summed E-state index contributed by atoms with van der Waals surface area (Å²) in [4.78, 5) is 24.0. The summed E-state index contributed by atoms with van der Waals surface area (Å²) in [5.74, 6) is -0.604. The van der Waals surface area contributed by atoms with Crippen molar-refractivity contribution in [2.75, 3.05) is 0 Å². The van der Waals surface area contributed by atoms with Gasteiger partial charge in [0.1, 0.15) is 12.3 Å². The molecule has 0 aliphatic rings. The van der Waals surface area contributed by atoms with Crippen LogP contribution in [0.4, 0.5) is 0 Å². The number of carbonyl (C=O) groups excluding carboxylic acids is 2. The monoisotopic (exact) mass is 338 g/mol. The van der Waals surface area contributed by atoms with Gasteiger partial charge in [0.2, 0.25) is 5.91 Å². The van der Waals surface area contributed by atoms with Gasteiger partial charge in [-0.2, -0.15) is 5.10 Å². The van der Waals surface area contributed by atoms with Crippen molar-refractivity contribution in [2.45, 2.75) is 19.5 Å². The molecule has 128 valence electrons. The lowest BCUT2D eigenvalue weighted by Gasteiger charge is -2.13. The van der Waals surface area contributed by atoms with E-state index in [9.17, 15) is 9.59 Å². The Morgan fingerprint density at radius 3 is 2.68 bits per heavy atom. The van der Waals surface area contributed by atoms with E-state index >= 15 is 0 Å². The average molecular weight is 338 g/mol. The van der Waals surface area contributed by atoms with Crippen LogP contribution in [0.25, 0.3) is 5.69 Å². The van der Waals surface area contributed by atoms with Crippen LogP contribution < -0.4 is 10.6 Å². The molecule has 0 saturated heterocycles. The minimum atomic E-state index is -0.647. The Labute approximate surface area is 144 Å². The zero-order chi connectivity index (χ0) is 17.6. The van der Waals surface area contributed by atoms with Crippen molar-refractivity contribution in [2.24, 2.45) is 0 Å². The van der Waals surface area contributed by atoms with Gasteiger partial charge in [-0.15, -0.1) is 0 Å². The molecule has 0 saturated carbocycles. The van der Waals surface area contributed by atoms with E-state index in [1.54, 1.807) is 23.9 Å². The van der Waals surface area contributed by atoms with Crippen molar-refractivity contribution in [1.82, 2.24) is 20.4 Å². The Balaban J connectivity index is 1.50. The maximum Gasteiger partial charge on any atom is 0.255 e. The molecule has 25 heavy (non-hydrogen) atoms. The minimum absolute atomic E-state index is 0.256. The van der Waals surface area contributed by atoms with Crippen LogP contribution in [0.2, 0.25) is 0 Å². The van der Waals surface area contributed by atoms with Crippen molar-refractivity contribution in [3.05, 3.63) is 72.4 Å². The predicted octanol–water partition coefficient (Wildman–Crippen LogP) is 1.90. The number of amides is 2. The summed E-state index contributed by atoms with van der Waals surface area (Å²) in [7, 11) is 0. The number of benzene rings is 1. The van der Waals surface area contributed by atoms with Gasteiger partial charge in [0, 0.05) is 18.9 Å². The van der Waals surface area contributed by atoms with E-state index in [-0.39, 0.29) is 11.8 Å². The predicted molar refractivity (Wildman–Crippen MR) is 91.0 cm³/mol. The Morgan fingerprint density at radius 1 is 1.24 bits per heavy atom. The van der Waals surface area contributed by atoms with Gasteiger partial charge in [-0.3, -0.25) is 9.59 Å². The van der Waals surface area contributed by atoms with E-state index in [2.05, 4.69) is 15.7 Å². The van der Waals surface area contributed by atoms with Crippen LogP contribution in [0.5, 0.6) is 0 Å². The quantitative estimate of drug-likeness (QED) is 0.718. The van der Waals surface area contributed by atoms with Crippen molar-refractivity contribution >= 4 is 11.8 Å². The highest BCUT2D eigenvalue weighted by Crippen LogP contribution is 2.08. The van der Waals surface area contributed by atoms with Crippen LogP contribution in [0, 0.1) is 0 Å². The Morgan fingerprint density at radius 2 is 2.04 bits per heavy atom. The van der Waals surface area contributed by atoms with Crippen LogP contribution in [0.1, 0.15) is 22.8 Å². The third-order valence-electron chi connectivity index (χ3n) is 3.70. The van der Waals surface area contributed by atoms with E-state index in [4.69, 9.17) is 4.42 Å². The first-order valence-corrected chi connectivity index (χ1v) is 7.83. The molecule has 2 heterocycles. The van der Waals surface area contributed by atoms with E-state index in [1.165, 1.54) is 12.5 Å². The van der Waals surface area contributed by atoms with Crippen molar-refractivity contribution in [3.8, 4) is 5.69 Å². The highest BCUT2D eigenvalue weighted by molar-refractivity contribution is 5.97. The SMILES string of the molecule is C[C@H](NC(=O)c1ccoc1)C(=O)NCc1ccc(-n2cccn2)cc1. The Hall–Kier alpha value is -3.35. The summed E-state index contributed by atoms with van der Waals surface area (Å²) in [6.45, 7) is 2.01. The van der Waals surface area contributed by atoms with E-state index < -0.39 is 6.04 Å². The topological polar surface area (TPSA) is 89.2 Å². The van der Waals surface area contributed by atoms with Crippen LogP contribution >= 0.6 is 0 Å². The zero-order valence-corrected chi connectivity index (χ0v) is 13.7. The second-order valence-corrected chi connectivity index (χ2v) is 5.54. The number of aromatic nitrogens is 2. The first-order valence-electron chi connectivity index (χ1n) is 7.83. The molecule has 2 amide bonds. The summed E-state index contributed by atoms with van der Waals surface area (Å²) in [6.07, 6.45) is 6.32. The number of rotatable bonds is 6. The zero-order valence-electron chi connectivity index (χ0n) is 13.7. The van der Waals surface area contributed by atoms with E-state index in [0.29, 0.717) is 12.1 Å². The lowest BCUT2D eigenvalue weighted by molar-refractivity contribution is -0.122. The maximum absolute atomic E-state index is 12.1.